The van der Waals surface area contributed by atoms with Gasteiger partial charge >= 0.3 is 0 Å². The van der Waals surface area contributed by atoms with Crippen molar-refractivity contribution in [2.75, 3.05) is 0 Å². The summed E-state index contributed by atoms with van der Waals surface area (Å²) in [5.41, 5.74) is 0.641. The topological polar surface area (TPSA) is 49.3 Å². The highest BCUT2D eigenvalue weighted by atomic mass is 32.1. The summed E-state index contributed by atoms with van der Waals surface area (Å²) in [5.74, 6) is -0.101. The first-order chi connectivity index (χ1) is 8.27. The molecule has 0 spiro atoms. The molecule has 0 saturated heterocycles. The lowest BCUT2D eigenvalue weighted by Crippen LogP contribution is -2.50. The smallest absolute Gasteiger partial charge is 0.261 e. The van der Waals surface area contributed by atoms with Gasteiger partial charge in [-0.25, -0.2) is 0 Å². The number of amides is 1. The van der Waals surface area contributed by atoms with Crippen molar-refractivity contribution in [3.8, 4) is 0 Å². The van der Waals surface area contributed by atoms with E-state index in [-0.39, 0.29) is 5.91 Å². The maximum atomic E-state index is 12.1. The lowest BCUT2D eigenvalue weighted by Gasteiger charge is -2.29. The number of thiophene rings is 1. The van der Waals surface area contributed by atoms with Crippen molar-refractivity contribution in [2.24, 2.45) is 0 Å². The van der Waals surface area contributed by atoms with Gasteiger partial charge in [-0.2, -0.15) is 0 Å². The molecule has 0 aliphatic rings. The van der Waals surface area contributed by atoms with E-state index < -0.39 is 11.6 Å². The van der Waals surface area contributed by atoms with Crippen LogP contribution in [0.2, 0.25) is 0 Å². The Morgan fingerprint density at radius 1 is 1.56 bits per heavy atom. The van der Waals surface area contributed by atoms with Gasteiger partial charge in [-0.1, -0.05) is 13.3 Å². The zero-order valence-corrected chi connectivity index (χ0v) is 12.6. The van der Waals surface area contributed by atoms with Crippen LogP contribution in [0.15, 0.2) is 6.07 Å². The maximum absolute atomic E-state index is 12.1. The lowest BCUT2D eigenvalue weighted by atomic mass is 9.99. The molecule has 102 valence electrons. The Labute approximate surface area is 113 Å². The molecule has 3 nitrogen and oxygen atoms in total. The van der Waals surface area contributed by atoms with Crippen LogP contribution in [-0.2, 0) is 6.42 Å². The highest BCUT2D eigenvalue weighted by Crippen LogP contribution is 2.23. The normalized spacial score (nSPS) is 13.4. The van der Waals surface area contributed by atoms with E-state index in [4.69, 9.17) is 0 Å². The summed E-state index contributed by atoms with van der Waals surface area (Å²) in [5, 5.41) is 12.5. The molecule has 0 aliphatic carbocycles. The number of aliphatic hydroxyl groups is 1. The molecule has 18 heavy (non-hydrogen) atoms. The minimum atomic E-state index is -0.611. The van der Waals surface area contributed by atoms with Gasteiger partial charge in [0.1, 0.15) is 0 Å². The second kappa shape index (κ2) is 5.85. The Bertz CT molecular complexity index is 421. The van der Waals surface area contributed by atoms with Crippen LogP contribution < -0.4 is 5.32 Å². The molecule has 1 unspecified atom stereocenters. The average molecular weight is 269 g/mol. The lowest BCUT2D eigenvalue weighted by molar-refractivity contribution is 0.0712. The first-order valence-electron chi connectivity index (χ1n) is 6.37. The maximum Gasteiger partial charge on any atom is 0.261 e. The van der Waals surface area contributed by atoms with Crippen molar-refractivity contribution < 1.29 is 9.90 Å². The first-order valence-corrected chi connectivity index (χ1v) is 7.19. The average Bonchev–Trinajstić information content (AvgIpc) is 2.60. The molecule has 2 N–H and O–H groups in total. The van der Waals surface area contributed by atoms with Crippen LogP contribution in [-0.4, -0.2) is 22.7 Å². The number of aliphatic hydroxyl groups excluding tert-OH is 1. The second-order valence-corrected chi connectivity index (χ2v) is 6.55. The van der Waals surface area contributed by atoms with E-state index in [1.807, 2.05) is 26.8 Å². The number of rotatable bonds is 5. The van der Waals surface area contributed by atoms with E-state index in [0.717, 1.165) is 17.7 Å². The van der Waals surface area contributed by atoms with Crippen LogP contribution in [0.5, 0.6) is 0 Å². The van der Waals surface area contributed by atoms with Gasteiger partial charge in [0.2, 0.25) is 0 Å². The van der Waals surface area contributed by atoms with Crippen molar-refractivity contribution in [1.82, 2.24) is 5.32 Å². The molecule has 1 aromatic rings. The fourth-order valence-corrected chi connectivity index (χ4v) is 2.57. The summed E-state index contributed by atoms with van der Waals surface area (Å²) in [7, 11) is 0. The third-order valence-electron chi connectivity index (χ3n) is 3.24. The predicted molar refractivity (Wildman–Crippen MR) is 76.3 cm³/mol. The summed E-state index contributed by atoms with van der Waals surface area (Å²) in [6, 6.07) is 1.97. The Kier molecular flexibility index (Phi) is 4.93. The van der Waals surface area contributed by atoms with Crippen molar-refractivity contribution in [2.45, 2.75) is 59.1 Å². The number of carbonyl (C=O) groups excluding carboxylic acids is 1. The highest BCUT2D eigenvalue weighted by molar-refractivity contribution is 7.14. The molecule has 1 aromatic heterocycles. The molecule has 0 bridgehead atoms. The fourth-order valence-electron chi connectivity index (χ4n) is 1.61. The van der Waals surface area contributed by atoms with Gasteiger partial charge in [-0.05, 0) is 45.7 Å². The molecular weight excluding hydrogens is 246 g/mol. The van der Waals surface area contributed by atoms with Crippen LogP contribution in [0.25, 0.3) is 0 Å². The van der Waals surface area contributed by atoms with E-state index in [0.29, 0.717) is 0 Å². The molecule has 1 amide bonds. The zero-order valence-electron chi connectivity index (χ0n) is 11.8. The SMILES string of the molecule is CCCc1cc(C(=O)NC(C)(C)C(C)O)sc1C. The number of nitrogens with one attached hydrogen (secondary N) is 1. The molecule has 0 radical (unpaired) electrons. The van der Waals surface area contributed by atoms with E-state index in [1.165, 1.54) is 21.8 Å². The largest absolute Gasteiger partial charge is 0.391 e. The molecule has 4 heteroatoms. The summed E-state index contributed by atoms with van der Waals surface area (Å²) < 4.78 is 0. The Hall–Kier alpha value is -0.870. The Morgan fingerprint density at radius 3 is 2.67 bits per heavy atom. The minimum absolute atomic E-state index is 0.101. The van der Waals surface area contributed by atoms with Gasteiger partial charge in [-0.3, -0.25) is 4.79 Å². The van der Waals surface area contributed by atoms with E-state index in [1.54, 1.807) is 6.92 Å². The second-order valence-electron chi connectivity index (χ2n) is 5.29. The summed E-state index contributed by atoms with van der Waals surface area (Å²) in [6.07, 6.45) is 1.50. The van der Waals surface area contributed by atoms with E-state index in [2.05, 4.69) is 12.2 Å². The van der Waals surface area contributed by atoms with Crippen LogP contribution in [0.3, 0.4) is 0 Å². The number of aryl methyl sites for hydroxylation is 2. The number of hydrogen-bond donors (Lipinski definition) is 2. The zero-order chi connectivity index (χ0) is 13.9. The van der Waals surface area contributed by atoms with Gasteiger partial charge in [0.05, 0.1) is 16.5 Å². The minimum Gasteiger partial charge on any atom is -0.391 e. The number of carbonyl (C=O) groups is 1. The van der Waals surface area contributed by atoms with Gasteiger partial charge in [0, 0.05) is 4.88 Å². The standard InChI is InChI=1S/C14H23NO2S/c1-6-7-11-8-12(18-9(11)2)13(17)15-14(4,5)10(3)16/h8,10,16H,6-7H2,1-5H3,(H,15,17). The van der Waals surface area contributed by atoms with Gasteiger partial charge in [0.15, 0.2) is 0 Å². The number of hydrogen-bond acceptors (Lipinski definition) is 3. The first kappa shape index (κ1) is 15.2. The van der Waals surface area contributed by atoms with Crippen LogP contribution in [0.4, 0.5) is 0 Å². The van der Waals surface area contributed by atoms with Crippen molar-refractivity contribution >= 4 is 17.2 Å². The molecule has 1 atom stereocenters. The fraction of sp³-hybridized carbons (Fsp3) is 0.643. The van der Waals surface area contributed by atoms with Crippen LogP contribution in [0.1, 0.15) is 54.2 Å². The Morgan fingerprint density at radius 2 is 2.17 bits per heavy atom. The van der Waals surface area contributed by atoms with E-state index >= 15 is 0 Å². The molecule has 0 aromatic carbocycles. The molecule has 1 rings (SSSR count). The molecule has 0 fully saturated rings. The highest BCUT2D eigenvalue weighted by Gasteiger charge is 2.27. The monoisotopic (exact) mass is 269 g/mol. The Balaban J connectivity index is 2.82. The van der Waals surface area contributed by atoms with Gasteiger partial charge in [-0.15, -0.1) is 11.3 Å². The molecule has 0 saturated carbocycles. The summed E-state index contributed by atoms with van der Waals surface area (Å²) in [4.78, 5) is 14.1. The summed E-state index contributed by atoms with van der Waals surface area (Å²) >= 11 is 1.52. The quantitative estimate of drug-likeness (QED) is 0.863. The van der Waals surface area contributed by atoms with Gasteiger partial charge < -0.3 is 10.4 Å². The molecule has 0 aliphatic heterocycles. The molecule has 1 heterocycles. The predicted octanol–water partition coefficient (Wildman–Crippen LogP) is 2.90. The van der Waals surface area contributed by atoms with Crippen molar-refractivity contribution in [1.29, 1.82) is 0 Å². The van der Waals surface area contributed by atoms with Crippen molar-refractivity contribution in [3.63, 3.8) is 0 Å². The van der Waals surface area contributed by atoms with Crippen LogP contribution in [0, 0.1) is 6.92 Å². The van der Waals surface area contributed by atoms with Crippen LogP contribution >= 0.6 is 11.3 Å². The summed E-state index contributed by atoms with van der Waals surface area (Å²) in [6.45, 7) is 9.51. The third-order valence-corrected chi connectivity index (χ3v) is 4.34. The molecular formula is C14H23NO2S. The van der Waals surface area contributed by atoms with E-state index in [9.17, 15) is 9.90 Å². The van der Waals surface area contributed by atoms with Crippen molar-refractivity contribution in [3.05, 3.63) is 21.4 Å². The van der Waals surface area contributed by atoms with Gasteiger partial charge in [0.25, 0.3) is 5.91 Å². The third kappa shape index (κ3) is 3.56.